The van der Waals surface area contributed by atoms with E-state index < -0.39 is 0 Å². The van der Waals surface area contributed by atoms with Gasteiger partial charge in [-0.2, -0.15) is 0 Å². The van der Waals surface area contributed by atoms with Gasteiger partial charge < -0.3 is 0 Å². The van der Waals surface area contributed by atoms with Crippen LogP contribution in [0.5, 0.6) is 0 Å². The summed E-state index contributed by atoms with van der Waals surface area (Å²) in [5.74, 6) is 6.59. The van der Waals surface area contributed by atoms with Crippen LogP contribution in [0.1, 0.15) is 38.2 Å². The van der Waals surface area contributed by atoms with E-state index >= 15 is 0 Å². The van der Waals surface area contributed by atoms with E-state index in [-0.39, 0.29) is 0 Å². The molecule has 0 heteroatoms. The number of fused-ring (bicyclic) bond motifs is 1. The molecule has 0 heterocycles. The molecule has 0 aromatic heterocycles. The predicted octanol–water partition coefficient (Wildman–Crippen LogP) is 4.97. The number of rotatable bonds is 4. The van der Waals surface area contributed by atoms with Crippen molar-refractivity contribution in [3.63, 3.8) is 0 Å². The van der Waals surface area contributed by atoms with Gasteiger partial charge >= 0.3 is 0 Å². The SMILES string of the molecule is CCCCCC#CCc1cccc2ccccc12. The lowest BCUT2D eigenvalue weighted by atomic mass is 10.0. The lowest BCUT2D eigenvalue weighted by molar-refractivity contribution is 0.737. The highest BCUT2D eigenvalue weighted by Gasteiger charge is 1.97. The fourth-order valence-corrected chi connectivity index (χ4v) is 2.16. The van der Waals surface area contributed by atoms with Crippen LogP contribution in [-0.2, 0) is 6.42 Å². The molecule has 0 unspecified atom stereocenters. The molecule has 92 valence electrons. The second-order valence-corrected chi connectivity index (χ2v) is 4.63. The Hall–Kier alpha value is -1.74. The zero-order valence-corrected chi connectivity index (χ0v) is 11.1. The zero-order chi connectivity index (χ0) is 12.6. The molecule has 0 N–H and O–H groups in total. The van der Waals surface area contributed by atoms with Crippen LogP contribution in [0.15, 0.2) is 42.5 Å². The molecule has 0 atom stereocenters. The van der Waals surface area contributed by atoms with Crippen LogP contribution in [0.25, 0.3) is 10.8 Å². The third-order valence-electron chi connectivity index (χ3n) is 3.19. The standard InChI is InChI=1S/C18H20/c1-2-3-4-5-6-7-11-16-13-10-14-17-12-8-9-15-18(16)17/h8-10,12-15H,2-5,11H2,1H3. The van der Waals surface area contributed by atoms with Gasteiger partial charge in [0.1, 0.15) is 0 Å². The van der Waals surface area contributed by atoms with Crippen LogP contribution in [0.3, 0.4) is 0 Å². The first-order chi connectivity index (χ1) is 8.92. The van der Waals surface area contributed by atoms with E-state index in [1.807, 2.05) is 0 Å². The molecule has 0 aliphatic rings. The molecular formula is C18H20. The summed E-state index contributed by atoms with van der Waals surface area (Å²) in [5, 5.41) is 2.64. The van der Waals surface area contributed by atoms with Crippen LogP contribution < -0.4 is 0 Å². The summed E-state index contributed by atoms with van der Waals surface area (Å²) in [4.78, 5) is 0. The summed E-state index contributed by atoms with van der Waals surface area (Å²) < 4.78 is 0. The summed E-state index contributed by atoms with van der Waals surface area (Å²) in [6.07, 6.45) is 5.71. The van der Waals surface area contributed by atoms with Crippen LogP contribution in [0.2, 0.25) is 0 Å². The van der Waals surface area contributed by atoms with Gasteiger partial charge in [0.15, 0.2) is 0 Å². The highest BCUT2D eigenvalue weighted by Crippen LogP contribution is 2.18. The smallest absolute Gasteiger partial charge is 0.0346 e. The van der Waals surface area contributed by atoms with E-state index in [0.717, 1.165) is 12.8 Å². The Kier molecular flexibility index (Phi) is 4.85. The van der Waals surface area contributed by atoms with Gasteiger partial charge in [0.05, 0.1) is 0 Å². The quantitative estimate of drug-likeness (QED) is 0.519. The molecule has 0 aliphatic heterocycles. The molecule has 0 saturated carbocycles. The van der Waals surface area contributed by atoms with E-state index in [1.165, 1.54) is 35.6 Å². The molecule has 0 spiro atoms. The van der Waals surface area contributed by atoms with Gasteiger partial charge in [-0.3, -0.25) is 0 Å². The molecule has 18 heavy (non-hydrogen) atoms. The summed E-state index contributed by atoms with van der Waals surface area (Å²) in [6, 6.07) is 15.0. The van der Waals surface area contributed by atoms with Crippen molar-refractivity contribution in [3.8, 4) is 11.8 Å². The number of hydrogen-bond acceptors (Lipinski definition) is 0. The third-order valence-corrected chi connectivity index (χ3v) is 3.19. The van der Waals surface area contributed by atoms with Gasteiger partial charge in [0.2, 0.25) is 0 Å². The molecule has 2 rings (SSSR count). The van der Waals surface area contributed by atoms with Crippen LogP contribution in [0, 0.1) is 11.8 Å². The minimum atomic E-state index is 0.869. The van der Waals surface area contributed by atoms with Crippen molar-refractivity contribution < 1.29 is 0 Å². The minimum Gasteiger partial charge on any atom is -0.103 e. The molecule has 0 fully saturated rings. The maximum Gasteiger partial charge on any atom is 0.0346 e. The van der Waals surface area contributed by atoms with Gasteiger partial charge in [-0.05, 0) is 22.8 Å². The Morgan fingerprint density at radius 3 is 2.61 bits per heavy atom. The predicted molar refractivity (Wildman–Crippen MR) is 79.6 cm³/mol. The highest BCUT2D eigenvalue weighted by molar-refractivity contribution is 5.85. The van der Waals surface area contributed by atoms with Crippen molar-refractivity contribution in [1.29, 1.82) is 0 Å². The summed E-state index contributed by atoms with van der Waals surface area (Å²) in [5.41, 5.74) is 1.34. The number of hydrogen-bond donors (Lipinski definition) is 0. The zero-order valence-electron chi connectivity index (χ0n) is 11.1. The molecule has 2 aromatic carbocycles. The topological polar surface area (TPSA) is 0 Å². The maximum atomic E-state index is 3.30. The Morgan fingerprint density at radius 1 is 0.889 bits per heavy atom. The van der Waals surface area contributed by atoms with Crippen molar-refractivity contribution in [2.45, 2.75) is 39.0 Å². The van der Waals surface area contributed by atoms with Crippen LogP contribution in [-0.4, -0.2) is 0 Å². The van der Waals surface area contributed by atoms with E-state index in [4.69, 9.17) is 0 Å². The Bertz CT molecular complexity index is 550. The Labute approximate surface area is 110 Å². The summed E-state index contributed by atoms with van der Waals surface area (Å²) in [6.45, 7) is 2.23. The van der Waals surface area contributed by atoms with Crippen molar-refractivity contribution in [2.75, 3.05) is 0 Å². The molecule has 0 aliphatic carbocycles. The fourth-order valence-electron chi connectivity index (χ4n) is 2.16. The van der Waals surface area contributed by atoms with Gasteiger partial charge in [-0.25, -0.2) is 0 Å². The fraction of sp³-hybridized carbons (Fsp3) is 0.333. The van der Waals surface area contributed by atoms with E-state index in [0.29, 0.717) is 0 Å². The van der Waals surface area contributed by atoms with E-state index in [9.17, 15) is 0 Å². The molecule has 0 radical (unpaired) electrons. The minimum absolute atomic E-state index is 0.869. The summed E-state index contributed by atoms with van der Waals surface area (Å²) >= 11 is 0. The lowest BCUT2D eigenvalue weighted by Crippen LogP contribution is -1.84. The Balaban J connectivity index is 2.03. The first-order valence-electron chi connectivity index (χ1n) is 6.84. The maximum absolute atomic E-state index is 3.30. The average molecular weight is 236 g/mol. The second-order valence-electron chi connectivity index (χ2n) is 4.63. The second kappa shape index (κ2) is 6.87. The van der Waals surface area contributed by atoms with Gasteiger partial charge in [-0.15, -0.1) is 5.92 Å². The Morgan fingerprint density at radius 2 is 1.72 bits per heavy atom. The van der Waals surface area contributed by atoms with Crippen molar-refractivity contribution >= 4 is 10.8 Å². The van der Waals surface area contributed by atoms with Crippen molar-refractivity contribution in [2.24, 2.45) is 0 Å². The third kappa shape index (κ3) is 3.37. The monoisotopic (exact) mass is 236 g/mol. The van der Waals surface area contributed by atoms with Crippen molar-refractivity contribution in [1.82, 2.24) is 0 Å². The molecule has 0 saturated heterocycles. The van der Waals surface area contributed by atoms with Crippen LogP contribution >= 0.6 is 0 Å². The largest absolute Gasteiger partial charge is 0.103 e. The number of benzene rings is 2. The first kappa shape index (κ1) is 12.7. The number of unbranched alkanes of at least 4 members (excludes halogenated alkanes) is 3. The lowest BCUT2D eigenvalue weighted by Gasteiger charge is -2.02. The van der Waals surface area contributed by atoms with E-state index in [2.05, 4.69) is 61.2 Å². The summed E-state index contributed by atoms with van der Waals surface area (Å²) in [7, 11) is 0. The average Bonchev–Trinajstić information content (AvgIpc) is 2.43. The molecule has 2 aromatic rings. The first-order valence-corrected chi connectivity index (χ1v) is 6.84. The molecule has 0 amide bonds. The van der Waals surface area contributed by atoms with Gasteiger partial charge in [-0.1, -0.05) is 68.2 Å². The highest BCUT2D eigenvalue weighted by atomic mass is 14.0. The molecule has 0 bridgehead atoms. The molecular weight excluding hydrogens is 216 g/mol. The van der Waals surface area contributed by atoms with Gasteiger partial charge in [0, 0.05) is 12.8 Å². The van der Waals surface area contributed by atoms with Gasteiger partial charge in [0.25, 0.3) is 0 Å². The normalized spacial score (nSPS) is 10.1. The van der Waals surface area contributed by atoms with E-state index in [1.54, 1.807) is 0 Å². The molecule has 0 nitrogen and oxygen atoms in total. The van der Waals surface area contributed by atoms with Crippen molar-refractivity contribution in [3.05, 3.63) is 48.0 Å². The van der Waals surface area contributed by atoms with Crippen LogP contribution in [0.4, 0.5) is 0 Å².